The third kappa shape index (κ3) is 3.79. The Hall–Kier alpha value is -2.89. The van der Waals surface area contributed by atoms with Crippen LogP contribution in [0.1, 0.15) is 62.6 Å². The van der Waals surface area contributed by atoms with Crippen LogP contribution >= 0.6 is 0 Å². The summed E-state index contributed by atoms with van der Waals surface area (Å²) in [6.45, 7) is 10.5. The number of aromatic nitrogens is 3. The number of carbonyl (C=O) groups excluding carboxylic acids is 1. The van der Waals surface area contributed by atoms with Crippen molar-refractivity contribution in [2.45, 2.75) is 46.6 Å². The first-order valence-electron chi connectivity index (χ1n) is 9.24. The van der Waals surface area contributed by atoms with Gasteiger partial charge in [0, 0.05) is 11.7 Å². The number of rotatable bonds is 6. The van der Waals surface area contributed by atoms with Crippen molar-refractivity contribution >= 4 is 17.0 Å². The molecule has 142 valence electrons. The molecule has 0 N–H and O–H groups in total. The Bertz CT molecular complexity index is 960. The van der Waals surface area contributed by atoms with Crippen molar-refractivity contribution in [3.8, 4) is 11.5 Å². The van der Waals surface area contributed by atoms with E-state index in [9.17, 15) is 4.79 Å². The number of benzene rings is 1. The van der Waals surface area contributed by atoms with Crippen LogP contribution in [-0.2, 0) is 0 Å². The van der Waals surface area contributed by atoms with Gasteiger partial charge in [0.05, 0.1) is 23.8 Å². The quantitative estimate of drug-likeness (QED) is 0.464. The number of fused-ring (bicyclic) bond motifs is 1. The molecule has 0 radical (unpaired) electrons. The fourth-order valence-electron chi connectivity index (χ4n) is 2.84. The smallest absolute Gasteiger partial charge is 0.344 e. The summed E-state index contributed by atoms with van der Waals surface area (Å²) in [6, 6.07) is 9.10. The van der Waals surface area contributed by atoms with Gasteiger partial charge in [-0.3, -0.25) is 0 Å². The minimum absolute atomic E-state index is 0.139. The van der Waals surface area contributed by atoms with E-state index < -0.39 is 5.97 Å². The molecule has 0 saturated carbocycles. The van der Waals surface area contributed by atoms with Gasteiger partial charge in [-0.15, -0.1) is 0 Å². The molecule has 0 fully saturated rings. The lowest BCUT2D eigenvalue weighted by Gasteiger charge is -2.13. The third-order valence-corrected chi connectivity index (χ3v) is 4.24. The fourth-order valence-corrected chi connectivity index (χ4v) is 2.84. The van der Waals surface area contributed by atoms with Gasteiger partial charge in [-0.1, -0.05) is 26.0 Å². The number of esters is 1. The van der Waals surface area contributed by atoms with E-state index in [0.717, 1.165) is 5.69 Å². The van der Waals surface area contributed by atoms with Crippen LogP contribution in [0.2, 0.25) is 0 Å². The van der Waals surface area contributed by atoms with Crippen molar-refractivity contribution in [3.63, 3.8) is 0 Å². The summed E-state index contributed by atoms with van der Waals surface area (Å²) >= 11 is 0. The monoisotopic (exact) mass is 367 g/mol. The summed E-state index contributed by atoms with van der Waals surface area (Å²) in [5, 5.41) is 5.10. The van der Waals surface area contributed by atoms with Crippen molar-refractivity contribution in [2.24, 2.45) is 0 Å². The second kappa shape index (κ2) is 7.78. The van der Waals surface area contributed by atoms with Gasteiger partial charge in [0.25, 0.3) is 0 Å². The van der Waals surface area contributed by atoms with E-state index in [4.69, 9.17) is 14.5 Å². The first-order chi connectivity index (χ1) is 12.9. The largest absolute Gasteiger partial charge is 0.490 e. The predicted octanol–water partition coefficient (Wildman–Crippen LogP) is 4.75. The Morgan fingerprint density at radius 1 is 1.15 bits per heavy atom. The van der Waals surface area contributed by atoms with Gasteiger partial charge < -0.3 is 9.47 Å². The highest BCUT2D eigenvalue weighted by atomic mass is 16.6. The lowest BCUT2D eigenvalue weighted by atomic mass is 10.1. The first-order valence-corrected chi connectivity index (χ1v) is 9.24. The summed E-state index contributed by atoms with van der Waals surface area (Å²) in [4.78, 5) is 17.7. The molecule has 3 rings (SSSR count). The molecule has 0 aliphatic carbocycles. The third-order valence-electron chi connectivity index (χ3n) is 4.24. The van der Waals surface area contributed by atoms with Gasteiger partial charge in [0.15, 0.2) is 17.1 Å². The molecule has 1 aromatic carbocycles. The lowest BCUT2D eigenvalue weighted by Crippen LogP contribution is -2.12. The molecule has 0 atom stereocenters. The van der Waals surface area contributed by atoms with Crippen LogP contribution in [0.15, 0.2) is 36.5 Å². The highest BCUT2D eigenvalue weighted by Crippen LogP contribution is 2.29. The number of carbonyl (C=O) groups is 1. The molecule has 2 heterocycles. The molecule has 3 aromatic rings. The van der Waals surface area contributed by atoms with Crippen LogP contribution in [0.5, 0.6) is 11.5 Å². The molecule has 0 saturated heterocycles. The Kier molecular flexibility index (Phi) is 5.44. The second-order valence-corrected chi connectivity index (χ2v) is 6.94. The Balaban J connectivity index is 2.06. The maximum absolute atomic E-state index is 13.0. The van der Waals surface area contributed by atoms with Gasteiger partial charge in [0.2, 0.25) is 0 Å². The average Bonchev–Trinajstić information content (AvgIpc) is 3.06. The molecule has 6 nitrogen and oxygen atoms in total. The number of nitrogens with zero attached hydrogens (tertiary/aromatic N) is 3. The van der Waals surface area contributed by atoms with E-state index in [2.05, 4.69) is 5.10 Å². The van der Waals surface area contributed by atoms with Crippen molar-refractivity contribution in [3.05, 3.63) is 47.8 Å². The molecular weight excluding hydrogens is 342 g/mol. The van der Waals surface area contributed by atoms with E-state index >= 15 is 0 Å². The van der Waals surface area contributed by atoms with Gasteiger partial charge in [-0.25, -0.2) is 14.5 Å². The predicted molar refractivity (Wildman–Crippen MR) is 105 cm³/mol. The number of hydrogen-bond donors (Lipinski definition) is 0. The van der Waals surface area contributed by atoms with Gasteiger partial charge in [-0.05, 0) is 44.9 Å². The number of ether oxygens (including phenoxy) is 2. The van der Waals surface area contributed by atoms with E-state index in [0.29, 0.717) is 34.7 Å². The van der Waals surface area contributed by atoms with E-state index in [-0.39, 0.29) is 12.0 Å². The van der Waals surface area contributed by atoms with Crippen LogP contribution in [0, 0.1) is 0 Å². The molecule has 6 heteroatoms. The summed E-state index contributed by atoms with van der Waals surface area (Å²) in [6.07, 6.45) is 1.68. The normalized spacial score (nSPS) is 11.4. The number of para-hydroxylation sites is 2. The van der Waals surface area contributed by atoms with Gasteiger partial charge >= 0.3 is 5.97 Å². The Morgan fingerprint density at radius 2 is 1.85 bits per heavy atom. The van der Waals surface area contributed by atoms with Crippen LogP contribution < -0.4 is 9.47 Å². The zero-order chi connectivity index (χ0) is 19.6. The van der Waals surface area contributed by atoms with Crippen molar-refractivity contribution in [1.82, 2.24) is 14.8 Å². The second-order valence-electron chi connectivity index (χ2n) is 6.94. The highest BCUT2D eigenvalue weighted by molar-refractivity contribution is 6.03. The zero-order valence-corrected chi connectivity index (χ0v) is 16.4. The molecule has 2 aromatic heterocycles. The number of hydrogen-bond acceptors (Lipinski definition) is 5. The van der Waals surface area contributed by atoms with Crippen molar-refractivity contribution in [1.29, 1.82) is 0 Å². The van der Waals surface area contributed by atoms with Gasteiger partial charge in [0.1, 0.15) is 0 Å². The molecule has 0 amide bonds. The lowest BCUT2D eigenvalue weighted by molar-refractivity contribution is 0.0730. The van der Waals surface area contributed by atoms with Crippen LogP contribution in [0.4, 0.5) is 0 Å². The topological polar surface area (TPSA) is 66.2 Å². The Morgan fingerprint density at radius 3 is 2.48 bits per heavy atom. The van der Waals surface area contributed by atoms with E-state index in [1.807, 2.05) is 51.4 Å². The summed E-state index contributed by atoms with van der Waals surface area (Å²) in [7, 11) is 0. The molecule has 0 aliphatic heterocycles. The average molecular weight is 367 g/mol. The highest BCUT2D eigenvalue weighted by Gasteiger charge is 2.21. The molecule has 0 bridgehead atoms. The maximum Gasteiger partial charge on any atom is 0.344 e. The summed E-state index contributed by atoms with van der Waals surface area (Å²) < 4.78 is 13.0. The first kappa shape index (κ1) is 18.9. The van der Waals surface area contributed by atoms with Crippen LogP contribution in [-0.4, -0.2) is 27.3 Å². The van der Waals surface area contributed by atoms with E-state index in [1.54, 1.807) is 24.4 Å². The van der Waals surface area contributed by atoms with Crippen molar-refractivity contribution in [2.75, 3.05) is 6.61 Å². The van der Waals surface area contributed by atoms with Crippen LogP contribution in [0.25, 0.3) is 11.0 Å². The molecule has 0 aliphatic rings. The number of pyridine rings is 1. The minimum Gasteiger partial charge on any atom is -0.490 e. The molecule has 27 heavy (non-hydrogen) atoms. The molecular formula is C21H25N3O3. The standard InChI is InChI=1S/C21H25N3O3/c1-6-26-18-9-7-8-10-19(18)27-21(25)15-11-17(13(2)3)23-20-16(15)12-22-24(20)14(4)5/h7-14H,6H2,1-5H3. The zero-order valence-electron chi connectivity index (χ0n) is 16.4. The minimum atomic E-state index is -0.445. The molecule has 0 spiro atoms. The summed E-state index contributed by atoms with van der Waals surface area (Å²) in [5.41, 5.74) is 1.98. The summed E-state index contributed by atoms with van der Waals surface area (Å²) in [5.74, 6) is 0.671. The van der Waals surface area contributed by atoms with Crippen molar-refractivity contribution < 1.29 is 14.3 Å². The SMILES string of the molecule is CCOc1ccccc1OC(=O)c1cc(C(C)C)nc2c1cnn2C(C)C. The maximum atomic E-state index is 13.0. The molecule has 0 unspecified atom stereocenters. The van der Waals surface area contributed by atoms with Gasteiger partial charge in [-0.2, -0.15) is 5.10 Å². The Labute approximate surface area is 159 Å². The van der Waals surface area contributed by atoms with E-state index in [1.165, 1.54) is 0 Å². The van der Waals surface area contributed by atoms with Crippen LogP contribution in [0.3, 0.4) is 0 Å². The fraction of sp³-hybridized carbons (Fsp3) is 0.381.